The number of hydrogen-bond acceptors (Lipinski definition) is 3. The van der Waals surface area contributed by atoms with Crippen molar-refractivity contribution in [2.24, 2.45) is 0 Å². The molecule has 158 valence electrons. The van der Waals surface area contributed by atoms with Gasteiger partial charge in [0.1, 0.15) is 11.2 Å². The van der Waals surface area contributed by atoms with E-state index >= 15 is 0 Å². The van der Waals surface area contributed by atoms with Crippen LogP contribution in [0.1, 0.15) is 20.8 Å². The molecule has 1 heterocycles. The van der Waals surface area contributed by atoms with E-state index in [0.717, 1.165) is 32.7 Å². The predicted molar refractivity (Wildman–Crippen MR) is 135 cm³/mol. The summed E-state index contributed by atoms with van der Waals surface area (Å²) in [4.78, 5) is 0. The molecule has 0 saturated carbocycles. The van der Waals surface area contributed by atoms with Gasteiger partial charge in [0.15, 0.2) is 0 Å². The van der Waals surface area contributed by atoms with Crippen LogP contribution in [0.25, 0.3) is 43.5 Å². The minimum Gasteiger partial charge on any atom is -0.399 e. The smallest absolute Gasteiger partial charge is 0.387 e. The molecule has 31 heavy (non-hydrogen) atoms. The maximum atomic E-state index is 6.39. The predicted octanol–water partition coefficient (Wildman–Crippen LogP) is 8.89. The molecule has 1 atom stereocenters. The molecule has 0 aliphatic rings. The van der Waals surface area contributed by atoms with Gasteiger partial charge in [-0.2, -0.15) is 0 Å². The molecule has 1 aromatic heterocycles. The average Bonchev–Trinajstić information content (AvgIpc) is 2.93. The van der Waals surface area contributed by atoms with Crippen molar-refractivity contribution in [1.82, 2.24) is 0 Å². The van der Waals surface area contributed by atoms with Crippen molar-refractivity contribution >= 4 is 59.6 Å². The van der Waals surface area contributed by atoms with Crippen LogP contribution in [0.2, 0.25) is 0 Å². The Labute approximate surface area is 184 Å². The zero-order chi connectivity index (χ0) is 21.6. The summed E-state index contributed by atoms with van der Waals surface area (Å²) < 4.78 is 19.0. The Bertz CT molecular complexity index is 1350. The molecule has 1 unspecified atom stereocenters. The van der Waals surface area contributed by atoms with Gasteiger partial charge in [-0.25, -0.2) is 0 Å². The Morgan fingerprint density at radius 2 is 1.23 bits per heavy atom. The van der Waals surface area contributed by atoms with Crippen LogP contribution in [0, 0.1) is 0 Å². The van der Waals surface area contributed by atoms with E-state index in [4.69, 9.17) is 12.9 Å². The Kier molecular flexibility index (Phi) is 5.30. The van der Waals surface area contributed by atoms with Gasteiger partial charge in [-0.3, -0.25) is 4.52 Å². The molecule has 5 rings (SSSR count). The first-order valence-corrected chi connectivity index (χ1v) is 13.5. The van der Waals surface area contributed by atoms with Crippen LogP contribution in [-0.4, -0.2) is 18.2 Å². The van der Waals surface area contributed by atoms with E-state index in [-0.39, 0.29) is 13.1 Å². The lowest BCUT2D eigenvalue weighted by Gasteiger charge is -2.26. The van der Waals surface area contributed by atoms with Crippen LogP contribution in [0.5, 0.6) is 0 Å². The molecule has 0 spiro atoms. The van der Waals surface area contributed by atoms with Gasteiger partial charge in [-0.05, 0) is 45.5 Å². The summed E-state index contributed by atoms with van der Waals surface area (Å²) in [5.74, 6) is 0. The first kappa shape index (κ1) is 20.6. The number of rotatable bonds is 3. The van der Waals surface area contributed by atoms with E-state index in [9.17, 15) is 0 Å². The van der Waals surface area contributed by atoms with Gasteiger partial charge < -0.3 is 8.39 Å². The largest absolute Gasteiger partial charge is 0.399 e. The first-order valence-electron chi connectivity index (χ1n) is 10.5. The lowest BCUT2D eigenvalue weighted by Crippen LogP contribution is -2.14. The molecule has 0 radical (unpaired) electrons. The molecule has 5 heteroatoms. The van der Waals surface area contributed by atoms with E-state index in [1.165, 1.54) is 10.8 Å². The standard InChI is InChI=1S/C26H26O3P2/c1-26(2,3)30(4)17-27-31-28-22-15-13-18-9-5-7-11-20(18)24(22)25-21-12-8-6-10-19(21)14-16-23(25)29-31/h5-16H,17H2,1-4H3. The molecule has 0 amide bonds. The monoisotopic (exact) mass is 448 g/mol. The van der Waals surface area contributed by atoms with Gasteiger partial charge in [0.2, 0.25) is 0 Å². The summed E-state index contributed by atoms with van der Waals surface area (Å²) in [5.41, 5.74) is 1.63. The Hall–Kier alpha value is -2.31. The molecule has 0 aliphatic carbocycles. The van der Waals surface area contributed by atoms with Crippen molar-refractivity contribution < 1.29 is 12.9 Å². The lowest BCUT2D eigenvalue weighted by molar-refractivity contribution is 0.432. The van der Waals surface area contributed by atoms with Crippen LogP contribution in [0.3, 0.4) is 0 Å². The maximum absolute atomic E-state index is 6.39. The average molecular weight is 448 g/mol. The summed E-state index contributed by atoms with van der Waals surface area (Å²) >= 11 is 0. The minimum atomic E-state index is -1.55. The highest BCUT2D eigenvalue weighted by Gasteiger charge is 2.21. The SMILES string of the molecule is CP(COp1oc2ccc3ccccc3c2c2c(ccc3ccccc32)o1)C(C)(C)C. The van der Waals surface area contributed by atoms with Gasteiger partial charge >= 0.3 is 8.24 Å². The maximum Gasteiger partial charge on any atom is 0.387 e. The summed E-state index contributed by atoms with van der Waals surface area (Å²) in [7, 11) is -1.86. The molecule has 0 aliphatic heterocycles. The van der Waals surface area contributed by atoms with E-state index < -0.39 is 8.24 Å². The van der Waals surface area contributed by atoms with Crippen molar-refractivity contribution in [1.29, 1.82) is 0 Å². The van der Waals surface area contributed by atoms with Crippen molar-refractivity contribution in [3.63, 3.8) is 0 Å². The highest BCUT2D eigenvalue weighted by atomic mass is 31.1. The van der Waals surface area contributed by atoms with Crippen molar-refractivity contribution in [3.05, 3.63) is 72.8 Å². The molecule has 0 saturated heterocycles. The quantitative estimate of drug-likeness (QED) is 0.259. The number of benzene rings is 4. The molecular weight excluding hydrogens is 422 g/mol. The van der Waals surface area contributed by atoms with Gasteiger partial charge in [0.25, 0.3) is 0 Å². The summed E-state index contributed by atoms with van der Waals surface area (Å²) in [5, 5.41) is 7.05. The zero-order valence-electron chi connectivity index (χ0n) is 18.3. The molecular formula is C26H26O3P2. The Balaban J connectivity index is 1.85. The van der Waals surface area contributed by atoms with E-state index in [0.29, 0.717) is 6.35 Å². The van der Waals surface area contributed by atoms with Crippen molar-refractivity contribution in [3.8, 4) is 0 Å². The second-order valence-electron chi connectivity index (χ2n) is 8.85. The summed E-state index contributed by atoms with van der Waals surface area (Å²) in [6, 6.07) is 25.2. The van der Waals surface area contributed by atoms with Crippen LogP contribution in [0.4, 0.5) is 0 Å². The second kappa shape index (κ2) is 7.99. The van der Waals surface area contributed by atoms with E-state index in [2.05, 4.69) is 100 Å². The van der Waals surface area contributed by atoms with Crippen molar-refractivity contribution in [2.75, 3.05) is 13.0 Å². The highest BCUT2D eigenvalue weighted by Crippen LogP contribution is 2.47. The molecule has 3 nitrogen and oxygen atoms in total. The molecule has 0 N–H and O–H groups in total. The molecule has 5 aromatic rings. The van der Waals surface area contributed by atoms with E-state index in [1.54, 1.807) is 0 Å². The third-order valence-electron chi connectivity index (χ3n) is 5.88. The van der Waals surface area contributed by atoms with Gasteiger partial charge in [-0.15, -0.1) is 0 Å². The van der Waals surface area contributed by atoms with Gasteiger partial charge in [0.05, 0.1) is 6.35 Å². The summed E-state index contributed by atoms with van der Waals surface area (Å²) in [6.45, 7) is 9.04. The van der Waals surface area contributed by atoms with Crippen LogP contribution < -0.4 is 4.52 Å². The summed E-state index contributed by atoms with van der Waals surface area (Å²) in [6.07, 6.45) is 0.649. The van der Waals surface area contributed by atoms with Crippen LogP contribution in [-0.2, 0) is 0 Å². The molecule has 4 aromatic carbocycles. The molecule has 0 fully saturated rings. The fourth-order valence-corrected chi connectivity index (χ4v) is 5.96. The van der Waals surface area contributed by atoms with Gasteiger partial charge in [-0.1, -0.05) is 89.4 Å². The van der Waals surface area contributed by atoms with Crippen LogP contribution in [0.15, 0.2) is 81.2 Å². The normalized spacial score (nSPS) is 13.3. The molecule has 0 bridgehead atoms. The highest BCUT2D eigenvalue weighted by molar-refractivity contribution is 7.58. The third-order valence-corrected chi connectivity index (χ3v) is 9.92. The Morgan fingerprint density at radius 1 is 0.742 bits per heavy atom. The van der Waals surface area contributed by atoms with E-state index in [1.807, 2.05) is 0 Å². The van der Waals surface area contributed by atoms with Crippen LogP contribution >= 0.6 is 16.2 Å². The fourth-order valence-electron chi connectivity index (χ4n) is 3.73. The number of fused-ring (bicyclic) bond motifs is 7. The minimum absolute atomic E-state index is 0.221. The van der Waals surface area contributed by atoms with Gasteiger partial charge in [0, 0.05) is 10.8 Å². The number of hydrogen-bond donors (Lipinski definition) is 0. The second-order valence-corrected chi connectivity index (χ2v) is 12.9. The fraction of sp³-hybridized carbons (Fsp3) is 0.231. The van der Waals surface area contributed by atoms with Crippen molar-refractivity contribution in [2.45, 2.75) is 25.9 Å². The Morgan fingerprint density at radius 3 is 1.71 bits per heavy atom. The topological polar surface area (TPSA) is 35.5 Å². The zero-order valence-corrected chi connectivity index (χ0v) is 20.0. The lowest BCUT2D eigenvalue weighted by atomic mass is 9.99. The third kappa shape index (κ3) is 3.87. The first-order chi connectivity index (χ1) is 14.9.